The van der Waals surface area contributed by atoms with Crippen LogP contribution in [0, 0.1) is 17.8 Å². The molecule has 1 aliphatic carbocycles. The van der Waals surface area contributed by atoms with Crippen LogP contribution < -0.4 is 5.32 Å². The Morgan fingerprint density at radius 3 is 2.65 bits per heavy atom. The van der Waals surface area contributed by atoms with Gasteiger partial charge in [0.15, 0.2) is 5.82 Å². The smallest absolute Gasteiger partial charge is 0.154 e. The Bertz CT molecular complexity index is 720. The molecule has 0 aromatic carbocycles. The van der Waals surface area contributed by atoms with Gasteiger partial charge in [0, 0.05) is 19.0 Å². The second-order valence-electron chi connectivity index (χ2n) is 8.04. The number of hydrogen-bond acceptors (Lipinski definition) is 6. The maximum absolute atomic E-state index is 4.56. The van der Waals surface area contributed by atoms with E-state index in [1.54, 1.807) is 12.7 Å². The van der Waals surface area contributed by atoms with Gasteiger partial charge in [-0.2, -0.15) is 5.10 Å². The number of aromatic nitrogens is 6. The number of rotatable bonds is 6. The van der Waals surface area contributed by atoms with Gasteiger partial charge in [-0.15, -0.1) is 10.2 Å². The lowest BCUT2D eigenvalue weighted by molar-refractivity contribution is 0.193. The van der Waals surface area contributed by atoms with Gasteiger partial charge in [-0.05, 0) is 63.7 Å². The van der Waals surface area contributed by atoms with Gasteiger partial charge in [-0.25, -0.2) is 9.67 Å². The van der Waals surface area contributed by atoms with Gasteiger partial charge in [0.25, 0.3) is 0 Å². The number of fused-ring (bicyclic) bond motifs is 1. The largest absolute Gasteiger partial charge is 0.316 e. The Hall–Kier alpha value is -1.80. The number of likely N-dealkylation sites (tertiary alicyclic amines) is 1. The van der Waals surface area contributed by atoms with Gasteiger partial charge in [0.1, 0.15) is 25.0 Å². The van der Waals surface area contributed by atoms with Crippen LogP contribution in [-0.2, 0) is 13.1 Å². The minimum Gasteiger partial charge on any atom is -0.316 e. The number of piperidine rings is 2. The molecule has 3 aliphatic rings. The van der Waals surface area contributed by atoms with E-state index in [1.807, 2.05) is 4.68 Å². The van der Waals surface area contributed by atoms with Crippen molar-refractivity contribution in [1.82, 2.24) is 39.7 Å². The molecule has 8 heteroatoms. The van der Waals surface area contributed by atoms with Crippen LogP contribution >= 0.6 is 0 Å². The van der Waals surface area contributed by atoms with Crippen LogP contribution in [-0.4, -0.2) is 67.2 Å². The summed E-state index contributed by atoms with van der Waals surface area (Å²) in [4.78, 5) is 6.70. The fraction of sp³-hybridized carbons (Fsp3) is 0.778. The van der Waals surface area contributed by atoms with Crippen LogP contribution in [0.3, 0.4) is 0 Å². The van der Waals surface area contributed by atoms with Crippen molar-refractivity contribution >= 4 is 0 Å². The van der Waals surface area contributed by atoms with Crippen molar-refractivity contribution < 1.29 is 0 Å². The van der Waals surface area contributed by atoms with Crippen molar-refractivity contribution in [2.75, 3.05) is 32.7 Å². The average Bonchev–Trinajstić information content (AvgIpc) is 3.18. The number of nitrogens with zero attached hydrogens (tertiary/aromatic N) is 7. The molecule has 0 amide bonds. The third-order valence-corrected chi connectivity index (χ3v) is 6.63. The lowest BCUT2D eigenvalue weighted by Crippen LogP contribution is -2.36. The quantitative estimate of drug-likeness (QED) is 0.816. The molecule has 0 bridgehead atoms. The Morgan fingerprint density at radius 1 is 1.15 bits per heavy atom. The van der Waals surface area contributed by atoms with Crippen molar-refractivity contribution in [2.45, 2.75) is 38.8 Å². The molecule has 2 aromatic heterocycles. The molecule has 2 saturated heterocycles. The fourth-order valence-electron chi connectivity index (χ4n) is 5.06. The summed E-state index contributed by atoms with van der Waals surface area (Å²) in [5.74, 6) is 5.57. The summed E-state index contributed by atoms with van der Waals surface area (Å²) in [6, 6.07) is 0. The molecule has 1 N–H and O–H groups in total. The maximum Gasteiger partial charge on any atom is 0.154 e. The second kappa shape index (κ2) is 6.74. The Balaban J connectivity index is 1.20. The van der Waals surface area contributed by atoms with E-state index in [0.29, 0.717) is 12.5 Å². The molecule has 26 heavy (non-hydrogen) atoms. The topological polar surface area (TPSA) is 76.7 Å². The Kier molecular flexibility index (Phi) is 4.24. The van der Waals surface area contributed by atoms with E-state index in [-0.39, 0.29) is 0 Å². The van der Waals surface area contributed by atoms with Crippen LogP contribution in [0.5, 0.6) is 0 Å². The molecule has 0 radical (unpaired) electrons. The Labute approximate surface area is 154 Å². The van der Waals surface area contributed by atoms with Gasteiger partial charge in [0.05, 0.1) is 0 Å². The van der Waals surface area contributed by atoms with Crippen LogP contribution in [0.2, 0.25) is 0 Å². The second-order valence-corrected chi connectivity index (χ2v) is 8.04. The molecule has 2 atom stereocenters. The molecule has 5 rings (SSSR count). The molecule has 1 saturated carbocycles. The zero-order valence-corrected chi connectivity index (χ0v) is 15.5. The van der Waals surface area contributed by atoms with E-state index in [2.05, 4.69) is 42.0 Å². The van der Waals surface area contributed by atoms with Crippen molar-refractivity contribution in [3.05, 3.63) is 24.3 Å². The summed E-state index contributed by atoms with van der Waals surface area (Å²) < 4.78 is 4.09. The maximum atomic E-state index is 4.56. The highest BCUT2D eigenvalue weighted by atomic mass is 15.4. The number of hydrogen-bond donors (Lipinski definition) is 1. The molecular formula is C18H28N8. The first-order valence-corrected chi connectivity index (χ1v) is 10.0. The highest BCUT2D eigenvalue weighted by Crippen LogP contribution is 2.49. The summed E-state index contributed by atoms with van der Waals surface area (Å²) in [5.41, 5.74) is 0. The van der Waals surface area contributed by atoms with Crippen LogP contribution in [0.4, 0.5) is 0 Å². The van der Waals surface area contributed by atoms with Gasteiger partial charge < -0.3 is 14.8 Å². The molecule has 0 spiro atoms. The first kappa shape index (κ1) is 16.4. The summed E-state index contributed by atoms with van der Waals surface area (Å²) in [6.07, 6.45) is 5.69. The third-order valence-electron chi connectivity index (χ3n) is 6.63. The van der Waals surface area contributed by atoms with E-state index in [4.69, 9.17) is 0 Å². The van der Waals surface area contributed by atoms with Crippen molar-refractivity contribution in [3.63, 3.8) is 0 Å². The van der Waals surface area contributed by atoms with Crippen LogP contribution in [0.1, 0.15) is 37.3 Å². The van der Waals surface area contributed by atoms with Gasteiger partial charge in [-0.1, -0.05) is 0 Å². The number of nitrogens with one attached hydrogen (secondary N) is 1. The first-order chi connectivity index (χ1) is 12.8. The molecule has 140 valence electrons. The van der Waals surface area contributed by atoms with Gasteiger partial charge in [-0.3, -0.25) is 0 Å². The van der Waals surface area contributed by atoms with Gasteiger partial charge in [0.2, 0.25) is 0 Å². The fourth-order valence-corrected chi connectivity index (χ4v) is 5.06. The standard InChI is InChI=1S/C18H28N8/c1-2-26-17(10-25-12-20-11-21-25)22-23-18(26)13-3-5-24(6-4-13)9-16-14-7-19-8-15(14)16/h11-16,19H,2-10H2,1H3. The Morgan fingerprint density at radius 2 is 1.96 bits per heavy atom. The minimum absolute atomic E-state index is 0.531. The van der Waals surface area contributed by atoms with Gasteiger partial charge >= 0.3 is 0 Å². The lowest BCUT2D eigenvalue weighted by Gasteiger charge is -2.32. The minimum atomic E-state index is 0.531. The SMILES string of the molecule is CCn1c(Cn2cncn2)nnc1C1CCN(CC2C3CNCC32)CC1. The lowest BCUT2D eigenvalue weighted by atomic mass is 9.95. The third kappa shape index (κ3) is 2.95. The zero-order valence-electron chi connectivity index (χ0n) is 15.5. The molecule has 4 heterocycles. The first-order valence-electron chi connectivity index (χ1n) is 10.0. The van der Waals surface area contributed by atoms with E-state index in [9.17, 15) is 0 Å². The summed E-state index contributed by atoms with van der Waals surface area (Å²) in [5, 5.41) is 16.7. The monoisotopic (exact) mass is 356 g/mol. The van der Waals surface area contributed by atoms with E-state index >= 15 is 0 Å². The highest BCUT2D eigenvalue weighted by molar-refractivity contribution is 5.07. The van der Waals surface area contributed by atoms with Crippen molar-refractivity contribution in [1.29, 1.82) is 0 Å². The normalized spacial score (nSPS) is 29.2. The highest BCUT2D eigenvalue weighted by Gasteiger charge is 2.52. The van der Waals surface area contributed by atoms with E-state index in [1.165, 1.54) is 45.6 Å². The van der Waals surface area contributed by atoms with E-state index < -0.39 is 0 Å². The molecular weight excluding hydrogens is 328 g/mol. The molecule has 2 aliphatic heterocycles. The van der Waals surface area contributed by atoms with Crippen LogP contribution in [0.25, 0.3) is 0 Å². The predicted molar refractivity (Wildman–Crippen MR) is 96.6 cm³/mol. The molecule has 2 unspecified atom stereocenters. The van der Waals surface area contributed by atoms with E-state index in [0.717, 1.165) is 35.9 Å². The summed E-state index contributed by atoms with van der Waals surface area (Å²) in [7, 11) is 0. The summed E-state index contributed by atoms with van der Waals surface area (Å²) in [6.45, 7) is 9.92. The molecule has 8 nitrogen and oxygen atoms in total. The van der Waals surface area contributed by atoms with Crippen LogP contribution in [0.15, 0.2) is 12.7 Å². The predicted octanol–water partition coefficient (Wildman–Crippen LogP) is 0.583. The van der Waals surface area contributed by atoms with Crippen molar-refractivity contribution in [3.8, 4) is 0 Å². The molecule has 3 fully saturated rings. The summed E-state index contributed by atoms with van der Waals surface area (Å²) >= 11 is 0. The average molecular weight is 356 g/mol. The zero-order chi connectivity index (χ0) is 17.5. The molecule has 2 aromatic rings. The van der Waals surface area contributed by atoms with Crippen molar-refractivity contribution in [2.24, 2.45) is 17.8 Å².